The zero-order valence-electron chi connectivity index (χ0n) is 6.74. The van der Waals surface area contributed by atoms with Crippen LogP contribution in [0.25, 0.3) is 0 Å². The van der Waals surface area contributed by atoms with Gasteiger partial charge in [0.15, 0.2) is 0 Å². The lowest BCUT2D eigenvalue weighted by molar-refractivity contribution is -0.189. The third kappa shape index (κ3) is 3.86. The van der Waals surface area contributed by atoms with Crippen LogP contribution < -0.4 is 0 Å². The molecule has 0 spiro atoms. The van der Waals surface area contributed by atoms with E-state index in [-0.39, 0.29) is 13.8 Å². The normalized spacial score (nSPS) is 12.5. The zero-order chi connectivity index (χ0) is 10.9. The summed E-state index contributed by atoms with van der Waals surface area (Å²) >= 11 is 0. The van der Waals surface area contributed by atoms with Crippen molar-refractivity contribution in [1.29, 1.82) is 0 Å². The molecule has 0 rings (SSSR count). The molecule has 0 amide bonds. The summed E-state index contributed by atoms with van der Waals surface area (Å²) in [6.07, 6.45) is 0. The van der Waals surface area contributed by atoms with Crippen LogP contribution in [-0.2, 0) is 14.3 Å². The van der Waals surface area contributed by atoms with E-state index in [1.807, 2.05) is 0 Å². The molecule has 0 aliphatic heterocycles. The minimum Gasteiger partial charge on any atom is -0.384 e. The molecule has 13 heavy (non-hydrogen) atoms. The lowest BCUT2D eigenvalue weighted by Crippen LogP contribution is -2.35. The number of rotatable bonds is 2. The molecule has 0 heterocycles. The molecule has 0 saturated heterocycles. The van der Waals surface area contributed by atoms with Gasteiger partial charge in [0.2, 0.25) is 0 Å². The van der Waals surface area contributed by atoms with Gasteiger partial charge in [0.25, 0.3) is 0 Å². The smallest absolute Gasteiger partial charge is 0.384 e. The van der Waals surface area contributed by atoms with Gasteiger partial charge < -0.3 is 4.74 Å². The van der Waals surface area contributed by atoms with E-state index in [1.165, 1.54) is 0 Å². The summed E-state index contributed by atoms with van der Waals surface area (Å²) in [4.78, 5) is 20.4. The lowest BCUT2D eigenvalue weighted by Gasteiger charge is -2.11. The maximum Gasteiger partial charge on any atom is 0.384 e. The van der Waals surface area contributed by atoms with Crippen LogP contribution >= 0.6 is 0 Å². The van der Waals surface area contributed by atoms with E-state index in [4.69, 9.17) is 0 Å². The number of esters is 2. The Morgan fingerprint density at radius 2 is 1.15 bits per heavy atom. The molecule has 0 unspecified atom stereocenters. The van der Waals surface area contributed by atoms with Crippen molar-refractivity contribution in [2.75, 3.05) is 0 Å². The largest absolute Gasteiger partial charge is 0.384 e. The second kappa shape index (κ2) is 3.31. The second-order valence-corrected chi connectivity index (χ2v) is 2.45. The molecule has 0 aliphatic rings. The molecule has 0 N–H and O–H groups in total. The first-order valence-electron chi connectivity index (χ1n) is 3.07. The first-order valence-corrected chi connectivity index (χ1v) is 3.07. The third-order valence-electron chi connectivity index (χ3n) is 0.902. The Morgan fingerprint density at radius 1 is 0.923 bits per heavy atom. The van der Waals surface area contributed by atoms with Crippen LogP contribution in [0.15, 0.2) is 0 Å². The van der Waals surface area contributed by atoms with E-state index in [1.54, 1.807) is 0 Å². The SMILES string of the molecule is CC(F)(F)C(=O)OC(=O)C(C)(F)F. The first kappa shape index (κ1) is 11.9. The predicted molar refractivity (Wildman–Crippen MR) is 32.3 cm³/mol. The molecule has 0 atom stereocenters. The summed E-state index contributed by atoms with van der Waals surface area (Å²) in [5.74, 6) is -12.5. The van der Waals surface area contributed by atoms with E-state index >= 15 is 0 Å². The van der Waals surface area contributed by atoms with Crippen molar-refractivity contribution < 1.29 is 31.9 Å². The number of carbonyl (C=O) groups is 2. The molecule has 0 aromatic rings. The van der Waals surface area contributed by atoms with Crippen LogP contribution in [0, 0.1) is 0 Å². The molecule has 0 bridgehead atoms. The molecule has 0 aromatic heterocycles. The van der Waals surface area contributed by atoms with E-state index in [0.717, 1.165) is 0 Å². The molecular formula is C6H6F4O3. The van der Waals surface area contributed by atoms with Crippen molar-refractivity contribution in [3.05, 3.63) is 0 Å². The summed E-state index contributed by atoms with van der Waals surface area (Å²) in [7, 11) is 0. The van der Waals surface area contributed by atoms with Gasteiger partial charge in [0.1, 0.15) is 0 Å². The molecule has 7 heteroatoms. The summed E-state index contributed by atoms with van der Waals surface area (Å²) in [5.41, 5.74) is 0. The number of halogens is 4. The highest BCUT2D eigenvalue weighted by atomic mass is 19.3. The van der Waals surface area contributed by atoms with E-state index < -0.39 is 23.8 Å². The summed E-state index contributed by atoms with van der Waals surface area (Å²) in [6, 6.07) is 0. The molecule has 0 radical (unpaired) electrons. The van der Waals surface area contributed by atoms with Gasteiger partial charge >= 0.3 is 23.8 Å². The standard InChI is InChI=1S/C6H6F4O3/c1-5(7,8)3(11)13-4(12)6(2,9)10/h1-2H3. The second-order valence-electron chi connectivity index (χ2n) is 2.45. The van der Waals surface area contributed by atoms with Crippen molar-refractivity contribution in [2.45, 2.75) is 25.7 Å². The van der Waals surface area contributed by atoms with Gasteiger partial charge in [-0.2, -0.15) is 17.6 Å². The highest BCUT2D eigenvalue weighted by Gasteiger charge is 2.42. The Morgan fingerprint density at radius 3 is 1.31 bits per heavy atom. The summed E-state index contributed by atoms with van der Waals surface area (Å²) in [6.45, 7) is 0.271. The number of carbonyl (C=O) groups excluding carboxylic acids is 2. The van der Waals surface area contributed by atoms with E-state index in [0.29, 0.717) is 0 Å². The van der Waals surface area contributed by atoms with Crippen LogP contribution in [0.2, 0.25) is 0 Å². The first-order chi connectivity index (χ1) is 5.55. The Labute approximate surface area is 70.7 Å². The fourth-order valence-corrected chi connectivity index (χ4v) is 0.263. The van der Waals surface area contributed by atoms with Crippen LogP contribution in [0.5, 0.6) is 0 Å². The Kier molecular flexibility index (Phi) is 3.02. The monoisotopic (exact) mass is 202 g/mol. The van der Waals surface area contributed by atoms with Gasteiger partial charge in [0, 0.05) is 13.8 Å². The van der Waals surface area contributed by atoms with Crippen molar-refractivity contribution in [3.63, 3.8) is 0 Å². The van der Waals surface area contributed by atoms with Crippen LogP contribution in [0.1, 0.15) is 13.8 Å². The average molecular weight is 202 g/mol. The molecule has 0 aromatic carbocycles. The third-order valence-corrected chi connectivity index (χ3v) is 0.902. The molecule has 0 fully saturated rings. The maximum absolute atomic E-state index is 12.0. The highest BCUT2D eigenvalue weighted by molar-refractivity contribution is 5.91. The number of hydrogen-bond acceptors (Lipinski definition) is 3. The van der Waals surface area contributed by atoms with Crippen molar-refractivity contribution in [3.8, 4) is 0 Å². The van der Waals surface area contributed by atoms with Gasteiger partial charge in [-0.05, 0) is 0 Å². The van der Waals surface area contributed by atoms with E-state index in [2.05, 4.69) is 4.74 Å². The maximum atomic E-state index is 12.0. The van der Waals surface area contributed by atoms with Crippen LogP contribution in [-0.4, -0.2) is 23.8 Å². The number of hydrogen-bond donors (Lipinski definition) is 0. The van der Waals surface area contributed by atoms with Gasteiger partial charge in [-0.25, -0.2) is 9.59 Å². The number of alkyl halides is 4. The van der Waals surface area contributed by atoms with Gasteiger partial charge in [-0.3, -0.25) is 0 Å². The minimum atomic E-state index is -3.96. The Hall–Kier alpha value is -1.14. The summed E-state index contributed by atoms with van der Waals surface area (Å²) < 4.78 is 51.2. The lowest BCUT2D eigenvalue weighted by atomic mass is 10.4. The molecule has 76 valence electrons. The molecular weight excluding hydrogens is 196 g/mol. The molecule has 0 aliphatic carbocycles. The predicted octanol–water partition coefficient (Wildman–Crippen LogP) is 1.37. The van der Waals surface area contributed by atoms with Crippen molar-refractivity contribution in [2.24, 2.45) is 0 Å². The van der Waals surface area contributed by atoms with Gasteiger partial charge in [-0.15, -0.1) is 0 Å². The fourth-order valence-electron chi connectivity index (χ4n) is 0.263. The van der Waals surface area contributed by atoms with Crippen molar-refractivity contribution >= 4 is 11.9 Å². The topological polar surface area (TPSA) is 43.4 Å². The van der Waals surface area contributed by atoms with Crippen LogP contribution in [0.3, 0.4) is 0 Å². The van der Waals surface area contributed by atoms with Crippen molar-refractivity contribution in [1.82, 2.24) is 0 Å². The van der Waals surface area contributed by atoms with Gasteiger partial charge in [0.05, 0.1) is 0 Å². The Balaban J connectivity index is 4.34. The summed E-state index contributed by atoms with van der Waals surface area (Å²) in [5, 5.41) is 0. The quantitative estimate of drug-likeness (QED) is 0.386. The highest BCUT2D eigenvalue weighted by Crippen LogP contribution is 2.18. The van der Waals surface area contributed by atoms with E-state index in [9.17, 15) is 27.2 Å². The zero-order valence-corrected chi connectivity index (χ0v) is 6.74. The van der Waals surface area contributed by atoms with Crippen LogP contribution in [0.4, 0.5) is 17.6 Å². The van der Waals surface area contributed by atoms with Gasteiger partial charge in [-0.1, -0.05) is 0 Å². The number of ether oxygens (including phenoxy) is 1. The molecule has 0 saturated carbocycles. The Bertz CT molecular complexity index is 201. The average Bonchev–Trinajstić information content (AvgIpc) is 1.82. The fraction of sp³-hybridized carbons (Fsp3) is 0.667. The molecule has 3 nitrogen and oxygen atoms in total. The minimum absolute atomic E-state index is 0.135.